The molecule has 0 aliphatic heterocycles. The summed E-state index contributed by atoms with van der Waals surface area (Å²) >= 11 is 0. The van der Waals surface area contributed by atoms with E-state index in [4.69, 9.17) is 9.47 Å². The molecule has 2 aromatic rings. The zero-order valence-corrected chi connectivity index (χ0v) is 15.0. The summed E-state index contributed by atoms with van der Waals surface area (Å²) in [5.74, 6) is 1.80. The minimum absolute atomic E-state index is 0.902. The van der Waals surface area contributed by atoms with Crippen molar-refractivity contribution in [2.45, 2.75) is 13.1 Å². The molecule has 0 aromatic heterocycles. The molecule has 0 fully saturated rings. The maximum absolute atomic E-state index is 10.7. The molecule has 0 aliphatic rings. The van der Waals surface area contributed by atoms with Crippen molar-refractivity contribution < 1.29 is 40.0 Å². The van der Waals surface area contributed by atoms with Crippen molar-refractivity contribution in [1.82, 2.24) is 0 Å². The Labute approximate surface area is 147 Å². The predicted octanol–water partition coefficient (Wildman–Crippen LogP) is 5.35. The van der Waals surface area contributed by atoms with Crippen molar-refractivity contribution in [3.8, 4) is 11.5 Å². The molecule has 0 saturated carbocycles. The second kappa shape index (κ2) is 7.72. The van der Waals surface area contributed by atoms with Crippen LogP contribution in [0.15, 0.2) is 48.5 Å². The van der Waals surface area contributed by atoms with Crippen LogP contribution in [0.25, 0.3) is 0 Å². The summed E-state index contributed by atoms with van der Waals surface area (Å²) in [4.78, 5) is 0. The third-order valence-electron chi connectivity index (χ3n) is 3.08. The summed E-state index contributed by atoms with van der Waals surface area (Å²) in [5, 5.41) is 2.28. The van der Waals surface area contributed by atoms with Crippen LogP contribution in [0.3, 0.4) is 0 Å². The summed E-state index contributed by atoms with van der Waals surface area (Å²) in [6.45, 7) is 1.94. The van der Waals surface area contributed by atoms with E-state index >= 15 is 0 Å². The van der Waals surface area contributed by atoms with E-state index in [2.05, 4.69) is 29.6 Å². The Morgan fingerprint density at radius 1 is 0.654 bits per heavy atom. The molecule has 0 spiro atoms. The second-order valence-corrected chi connectivity index (χ2v) is 7.27. The fourth-order valence-corrected chi connectivity index (χ4v) is 1.93. The van der Waals surface area contributed by atoms with E-state index in [1.54, 1.807) is 14.2 Å². The number of ether oxygens (including phenoxy) is 2. The summed E-state index contributed by atoms with van der Waals surface area (Å²) in [6.07, 6.45) is 0. The van der Waals surface area contributed by atoms with Gasteiger partial charge in [-0.15, -0.1) is 0 Å². The first kappa shape index (κ1) is 22.1. The van der Waals surface area contributed by atoms with Crippen molar-refractivity contribution in [2.75, 3.05) is 14.2 Å². The van der Waals surface area contributed by atoms with Crippen LogP contribution in [0.2, 0.25) is 0 Å². The van der Waals surface area contributed by atoms with E-state index in [0.29, 0.717) is 0 Å². The molecule has 0 aliphatic carbocycles. The Morgan fingerprint density at radius 3 is 1.15 bits per heavy atom. The average Bonchev–Trinajstić information content (AvgIpc) is 2.53. The van der Waals surface area contributed by atoms with Gasteiger partial charge in [-0.1, -0.05) is 0 Å². The van der Waals surface area contributed by atoms with Crippen LogP contribution in [0.5, 0.6) is 11.5 Å². The molecule has 3 nitrogen and oxygen atoms in total. The third-order valence-corrected chi connectivity index (χ3v) is 3.08. The van der Waals surface area contributed by atoms with E-state index in [1.807, 2.05) is 24.3 Å². The van der Waals surface area contributed by atoms with Gasteiger partial charge < -0.3 is 14.8 Å². The molecule has 2 aromatic carbocycles. The molecule has 0 atom stereocenters. The number of halogens is 6. The van der Waals surface area contributed by atoms with Gasteiger partial charge in [0.2, 0.25) is 0 Å². The Kier molecular flexibility index (Phi) is 6.54. The van der Waals surface area contributed by atoms with Gasteiger partial charge in [0.25, 0.3) is 0 Å². The van der Waals surface area contributed by atoms with Crippen LogP contribution in [0.1, 0.15) is 11.1 Å². The van der Waals surface area contributed by atoms with Crippen LogP contribution in [-0.4, -0.2) is 14.2 Å². The molecule has 0 unspecified atom stereocenters. The van der Waals surface area contributed by atoms with E-state index in [-0.39, 0.29) is 0 Å². The van der Waals surface area contributed by atoms with Gasteiger partial charge in [-0.05, 0) is 48.5 Å². The molecule has 26 heavy (non-hydrogen) atoms. The number of nitrogens with two attached hydrogens (primary N) is 1. The Balaban J connectivity index is 0.000000412. The number of hydrogen-bond donors (Lipinski definition) is 1. The van der Waals surface area contributed by atoms with Gasteiger partial charge in [0.1, 0.15) is 24.6 Å². The van der Waals surface area contributed by atoms with Crippen molar-refractivity contribution in [3.63, 3.8) is 0 Å². The molecule has 0 radical (unpaired) electrons. The van der Waals surface area contributed by atoms with E-state index in [1.165, 1.54) is 11.1 Å². The first-order chi connectivity index (χ1) is 11.8. The SMILES string of the molecule is COc1ccc(C[NH2+]Cc2ccc(OC)cc2)cc1.F[P-](F)(F)(F)(F)F. The molecular weight excluding hydrogens is 383 g/mol. The van der Waals surface area contributed by atoms with Crippen LogP contribution in [0, 0.1) is 0 Å². The monoisotopic (exact) mass is 403 g/mol. The number of methoxy groups -OCH3 is 2. The summed E-state index contributed by atoms with van der Waals surface area (Å²) in [6, 6.07) is 16.4. The molecule has 2 rings (SSSR count). The molecule has 10 heteroatoms. The van der Waals surface area contributed by atoms with Gasteiger partial charge in [0, 0.05) is 11.1 Å². The molecule has 0 amide bonds. The van der Waals surface area contributed by atoms with Gasteiger partial charge in [-0.2, -0.15) is 0 Å². The van der Waals surface area contributed by atoms with Crippen molar-refractivity contribution >= 4 is 7.81 Å². The normalized spacial score (nSPS) is 13.7. The van der Waals surface area contributed by atoms with Gasteiger partial charge in [-0.25, -0.2) is 0 Å². The standard InChI is InChI=1S/C16H19NO2.F6P/c1-18-15-7-3-13(4-8-15)11-17-12-14-5-9-16(19-2)10-6-14;1-7(2,3,4,5)6/h3-10,17H,11-12H2,1-2H3;/q;-1/p+1. The van der Waals surface area contributed by atoms with Gasteiger partial charge >= 0.3 is 33.0 Å². The topological polar surface area (TPSA) is 35.1 Å². The van der Waals surface area contributed by atoms with Gasteiger partial charge in [0.05, 0.1) is 14.2 Å². The van der Waals surface area contributed by atoms with Crippen LogP contribution < -0.4 is 14.8 Å². The Morgan fingerprint density at radius 2 is 0.923 bits per heavy atom. The maximum atomic E-state index is 9.87. The molecular formula is C16H20F6NO2P. The fourth-order valence-electron chi connectivity index (χ4n) is 1.93. The first-order valence-corrected chi connectivity index (χ1v) is 9.43. The van der Waals surface area contributed by atoms with Crippen LogP contribution >= 0.6 is 7.81 Å². The summed E-state index contributed by atoms with van der Waals surface area (Å²) < 4.78 is 69.5. The predicted molar refractivity (Wildman–Crippen MR) is 88.9 cm³/mol. The molecule has 0 bridgehead atoms. The van der Waals surface area contributed by atoms with E-state index in [0.717, 1.165) is 24.6 Å². The van der Waals surface area contributed by atoms with Gasteiger partial charge in [0.15, 0.2) is 0 Å². The number of benzene rings is 2. The Bertz CT molecular complexity index is 628. The summed E-state index contributed by atoms with van der Waals surface area (Å²) in [5.41, 5.74) is 2.60. The number of rotatable bonds is 6. The van der Waals surface area contributed by atoms with Gasteiger partial charge in [-0.3, -0.25) is 0 Å². The van der Waals surface area contributed by atoms with Crippen molar-refractivity contribution in [3.05, 3.63) is 59.7 Å². The fraction of sp³-hybridized carbons (Fsp3) is 0.250. The van der Waals surface area contributed by atoms with E-state index in [9.17, 15) is 25.2 Å². The van der Waals surface area contributed by atoms with Crippen molar-refractivity contribution in [1.29, 1.82) is 0 Å². The van der Waals surface area contributed by atoms with Crippen molar-refractivity contribution in [2.24, 2.45) is 0 Å². The molecule has 148 valence electrons. The van der Waals surface area contributed by atoms with Crippen LogP contribution in [-0.2, 0) is 13.1 Å². The first-order valence-electron chi connectivity index (χ1n) is 7.41. The quantitative estimate of drug-likeness (QED) is 0.521. The van der Waals surface area contributed by atoms with E-state index < -0.39 is 7.81 Å². The number of quaternary nitrogens is 1. The zero-order chi connectivity index (χ0) is 19.9. The van der Waals surface area contributed by atoms with Crippen LogP contribution in [0.4, 0.5) is 25.2 Å². The molecule has 2 N–H and O–H groups in total. The molecule has 0 heterocycles. The number of hydrogen-bond acceptors (Lipinski definition) is 2. The summed E-state index contributed by atoms with van der Waals surface area (Å²) in [7, 11) is -7.29. The zero-order valence-electron chi connectivity index (χ0n) is 14.1. The third kappa shape index (κ3) is 12.4. The minimum atomic E-state index is -10.7. The Hall–Kier alpha value is -1.99. The molecule has 0 saturated heterocycles. The second-order valence-electron chi connectivity index (χ2n) is 5.35. The average molecular weight is 403 g/mol.